The van der Waals surface area contributed by atoms with E-state index in [1.54, 1.807) is 0 Å². The molecule has 0 unspecified atom stereocenters. The minimum absolute atomic E-state index is 0.0579. The molecule has 1 heterocycles. The van der Waals surface area contributed by atoms with E-state index in [0.29, 0.717) is 10.7 Å². The van der Waals surface area contributed by atoms with Crippen molar-refractivity contribution in [2.45, 2.75) is 0 Å². The molecule has 8 heteroatoms. The molecule has 2 aromatic rings. The second kappa shape index (κ2) is 4.66. The van der Waals surface area contributed by atoms with Crippen LogP contribution in [0.15, 0.2) is 29.8 Å². The van der Waals surface area contributed by atoms with Gasteiger partial charge in [0.1, 0.15) is 5.51 Å². The molecule has 0 aliphatic heterocycles. The van der Waals surface area contributed by atoms with Gasteiger partial charge < -0.3 is 0 Å². The molecule has 1 N–H and O–H groups in total. The Kier molecular flexibility index (Phi) is 3.06. The summed E-state index contributed by atoms with van der Waals surface area (Å²) in [5.41, 5.74) is 1.76. The van der Waals surface area contributed by atoms with Crippen molar-refractivity contribution in [2.75, 3.05) is 5.32 Å². The molecule has 0 saturated carbocycles. The average Bonchev–Trinajstić information content (AvgIpc) is 2.82. The topological polar surface area (TPSA) is 98.0 Å². The SMILES string of the molecule is O=C(Nc1nncs1)c1ccc([N+](=O)[O-])cc1. The Morgan fingerprint density at radius 1 is 1.35 bits per heavy atom. The Morgan fingerprint density at radius 3 is 2.59 bits per heavy atom. The van der Waals surface area contributed by atoms with Gasteiger partial charge in [-0.05, 0) is 12.1 Å². The Hall–Kier alpha value is -2.35. The quantitative estimate of drug-likeness (QED) is 0.660. The number of anilines is 1. The number of nitrogens with one attached hydrogen (secondary N) is 1. The molecule has 17 heavy (non-hydrogen) atoms. The summed E-state index contributed by atoms with van der Waals surface area (Å²) < 4.78 is 0. The molecule has 1 amide bonds. The van der Waals surface area contributed by atoms with E-state index < -0.39 is 4.92 Å². The molecule has 7 nitrogen and oxygen atoms in total. The molecule has 1 aromatic heterocycles. The van der Waals surface area contributed by atoms with E-state index >= 15 is 0 Å². The van der Waals surface area contributed by atoms with Crippen LogP contribution in [0.25, 0.3) is 0 Å². The summed E-state index contributed by atoms with van der Waals surface area (Å²) in [4.78, 5) is 21.6. The second-order valence-corrected chi connectivity index (χ2v) is 3.84. The fourth-order valence-electron chi connectivity index (χ4n) is 1.13. The van der Waals surface area contributed by atoms with E-state index in [4.69, 9.17) is 0 Å². The summed E-state index contributed by atoms with van der Waals surface area (Å²) in [6.07, 6.45) is 0. The number of aromatic nitrogens is 2. The number of hydrogen-bond acceptors (Lipinski definition) is 6. The predicted octanol–water partition coefficient (Wildman–Crippen LogP) is 1.70. The van der Waals surface area contributed by atoms with Gasteiger partial charge in [0.2, 0.25) is 5.13 Å². The van der Waals surface area contributed by atoms with Crippen molar-refractivity contribution in [1.82, 2.24) is 10.2 Å². The van der Waals surface area contributed by atoms with Crippen LogP contribution in [0, 0.1) is 10.1 Å². The van der Waals surface area contributed by atoms with Gasteiger partial charge in [0.25, 0.3) is 11.6 Å². The molecule has 0 aliphatic rings. The lowest BCUT2D eigenvalue weighted by Crippen LogP contribution is -2.11. The third-order valence-corrected chi connectivity index (χ3v) is 2.53. The van der Waals surface area contributed by atoms with E-state index in [0.717, 1.165) is 0 Å². The van der Waals surface area contributed by atoms with Crippen LogP contribution in [0.2, 0.25) is 0 Å². The summed E-state index contributed by atoms with van der Waals surface area (Å²) in [7, 11) is 0. The highest BCUT2D eigenvalue weighted by molar-refractivity contribution is 7.13. The van der Waals surface area contributed by atoms with Gasteiger partial charge >= 0.3 is 0 Å². The molecule has 0 bridgehead atoms. The summed E-state index contributed by atoms with van der Waals surface area (Å²) in [6.45, 7) is 0. The van der Waals surface area contributed by atoms with Gasteiger partial charge in [-0.3, -0.25) is 20.2 Å². The lowest BCUT2D eigenvalue weighted by Gasteiger charge is -2.00. The molecule has 0 spiro atoms. The number of nitro groups is 1. The molecular weight excluding hydrogens is 244 g/mol. The Balaban J connectivity index is 2.12. The van der Waals surface area contributed by atoms with Crippen LogP contribution in [0.1, 0.15) is 10.4 Å². The summed E-state index contributed by atoms with van der Waals surface area (Å²) in [6, 6.07) is 5.31. The van der Waals surface area contributed by atoms with Crippen molar-refractivity contribution < 1.29 is 9.72 Å². The highest BCUT2D eigenvalue weighted by Crippen LogP contribution is 2.14. The molecular formula is C9H6N4O3S. The number of amides is 1. The van der Waals surface area contributed by atoms with Gasteiger partial charge in [0.05, 0.1) is 4.92 Å². The van der Waals surface area contributed by atoms with E-state index in [1.165, 1.54) is 41.1 Å². The minimum atomic E-state index is -0.521. The van der Waals surface area contributed by atoms with Crippen LogP contribution < -0.4 is 5.32 Å². The largest absolute Gasteiger partial charge is 0.296 e. The Morgan fingerprint density at radius 2 is 2.06 bits per heavy atom. The zero-order valence-electron chi connectivity index (χ0n) is 8.36. The lowest BCUT2D eigenvalue weighted by molar-refractivity contribution is -0.384. The molecule has 0 aliphatic carbocycles. The third kappa shape index (κ3) is 2.61. The fraction of sp³-hybridized carbons (Fsp3) is 0. The molecule has 86 valence electrons. The summed E-state index contributed by atoms with van der Waals surface area (Å²) in [5, 5.41) is 20.6. The van der Waals surface area contributed by atoms with Crippen LogP contribution in [0.4, 0.5) is 10.8 Å². The zero-order valence-corrected chi connectivity index (χ0v) is 9.18. The maximum atomic E-state index is 11.7. The first-order chi connectivity index (χ1) is 8.16. The van der Waals surface area contributed by atoms with E-state index in [-0.39, 0.29) is 11.6 Å². The van der Waals surface area contributed by atoms with Crippen LogP contribution in [0.3, 0.4) is 0 Å². The number of carbonyl (C=O) groups excluding carboxylic acids is 1. The monoisotopic (exact) mass is 250 g/mol. The molecule has 0 fully saturated rings. The van der Waals surface area contributed by atoms with Crippen molar-refractivity contribution in [3.05, 3.63) is 45.5 Å². The second-order valence-electron chi connectivity index (χ2n) is 3.00. The first kappa shape index (κ1) is 11.1. The molecule has 0 atom stereocenters. The predicted molar refractivity (Wildman–Crippen MR) is 61.0 cm³/mol. The maximum absolute atomic E-state index is 11.7. The van der Waals surface area contributed by atoms with Crippen LogP contribution in [0.5, 0.6) is 0 Å². The first-order valence-corrected chi connectivity index (χ1v) is 5.37. The summed E-state index contributed by atoms with van der Waals surface area (Å²) in [5.74, 6) is -0.378. The molecule has 0 radical (unpaired) electrons. The maximum Gasteiger partial charge on any atom is 0.269 e. The zero-order chi connectivity index (χ0) is 12.3. The van der Waals surface area contributed by atoms with Crippen molar-refractivity contribution in [2.24, 2.45) is 0 Å². The number of benzene rings is 1. The third-order valence-electron chi connectivity index (χ3n) is 1.92. The highest BCUT2D eigenvalue weighted by atomic mass is 32.1. The van der Waals surface area contributed by atoms with Gasteiger partial charge in [-0.15, -0.1) is 10.2 Å². The van der Waals surface area contributed by atoms with Crippen molar-refractivity contribution in [1.29, 1.82) is 0 Å². The molecule has 0 saturated heterocycles. The van der Waals surface area contributed by atoms with Gasteiger partial charge in [-0.1, -0.05) is 11.3 Å². The highest BCUT2D eigenvalue weighted by Gasteiger charge is 2.10. The molecule has 2 rings (SSSR count). The van der Waals surface area contributed by atoms with Gasteiger partial charge in [0, 0.05) is 17.7 Å². The van der Waals surface area contributed by atoms with Crippen LogP contribution >= 0.6 is 11.3 Å². The lowest BCUT2D eigenvalue weighted by atomic mass is 10.2. The average molecular weight is 250 g/mol. The van der Waals surface area contributed by atoms with Crippen molar-refractivity contribution >= 4 is 28.1 Å². The standard InChI is InChI=1S/C9H6N4O3S/c14-8(11-9-12-10-5-17-9)6-1-3-7(4-2-6)13(15)16/h1-5H,(H,11,12,14). The number of rotatable bonds is 3. The van der Waals surface area contributed by atoms with E-state index in [9.17, 15) is 14.9 Å². The smallest absolute Gasteiger partial charge is 0.269 e. The van der Waals surface area contributed by atoms with Crippen LogP contribution in [-0.4, -0.2) is 21.0 Å². The number of hydrogen-bond donors (Lipinski definition) is 1. The number of nitro benzene ring substituents is 1. The van der Waals surface area contributed by atoms with Crippen molar-refractivity contribution in [3.8, 4) is 0 Å². The summed E-state index contributed by atoms with van der Waals surface area (Å²) >= 11 is 1.19. The number of carbonyl (C=O) groups is 1. The molecule has 1 aromatic carbocycles. The first-order valence-electron chi connectivity index (χ1n) is 4.49. The van der Waals surface area contributed by atoms with Gasteiger partial charge in [0.15, 0.2) is 0 Å². The Bertz CT molecular complexity index is 538. The fourth-order valence-corrected chi connectivity index (χ4v) is 1.57. The van der Waals surface area contributed by atoms with Gasteiger partial charge in [-0.25, -0.2) is 0 Å². The van der Waals surface area contributed by atoms with Crippen LogP contribution in [-0.2, 0) is 0 Å². The Labute approximate surface area is 99.3 Å². The van der Waals surface area contributed by atoms with E-state index in [2.05, 4.69) is 15.5 Å². The normalized spacial score (nSPS) is 9.88. The number of non-ortho nitro benzene ring substituents is 1. The van der Waals surface area contributed by atoms with Crippen molar-refractivity contribution in [3.63, 3.8) is 0 Å². The van der Waals surface area contributed by atoms with E-state index in [1.807, 2.05) is 0 Å². The minimum Gasteiger partial charge on any atom is -0.296 e. The van der Waals surface area contributed by atoms with Gasteiger partial charge in [-0.2, -0.15) is 0 Å². The number of nitrogens with zero attached hydrogens (tertiary/aromatic N) is 3.